The largest absolute Gasteiger partial charge is 0.493 e. The zero-order chi connectivity index (χ0) is 31.1. The molecule has 0 aromatic heterocycles. The Morgan fingerprint density at radius 2 is 1.61 bits per heavy atom. The zero-order valence-electron chi connectivity index (χ0n) is 25.6. The first-order chi connectivity index (χ1) is 21.2. The second kappa shape index (κ2) is 14.2. The van der Waals surface area contributed by atoms with Crippen LogP contribution in [-0.2, 0) is 21.4 Å². The van der Waals surface area contributed by atoms with Crippen LogP contribution in [0.2, 0.25) is 0 Å². The molecule has 0 saturated heterocycles. The summed E-state index contributed by atoms with van der Waals surface area (Å²) in [5.41, 5.74) is 4.54. The summed E-state index contributed by atoms with van der Waals surface area (Å²) in [6.07, 6.45) is 0.589. The van der Waals surface area contributed by atoms with Gasteiger partial charge in [-0.05, 0) is 53.4 Å². The van der Waals surface area contributed by atoms with Crippen molar-refractivity contribution >= 4 is 15.9 Å². The predicted molar refractivity (Wildman–Crippen MR) is 175 cm³/mol. The van der Waals surface area contributed by atoms with Gasteiger partial charge in [-0.2, -0.15) is 0 Å². The third kappa shape index (κ3) is 8.14. The van der Waals surface area contributed by atoms with Gasteiger partial charge in [-0.15, -0.1) is 0 Å². The highest BCUT2D eigenvalue weighted by atomic mass is 32.2. The maximum absolute atomic E-state index is 13.6. The maximum Gasteiger partial charge on any atom is 0.241 e. The van der Waals surface area contributed by atoms with E-state index < -0.39 is 16.1 Å². The van der Waals surface area contributed by atoms with E-state index in [0.717, 1.165) is 41.1 Å². The summed E-state index contributed by atoms with van der Waals surface area (Å²) in [5.74, 6) is 1.13. The van der Waals surface area contributed by atoms with Gasteiger partial charge in [-0.1, -0.05) is 98.8 Å². The highest BCUT2D eigenvalue weighted by molar-refractivity contribution is 7.89. The third-order valence-electron chi connectivity index (χ3n) is 7.72. The van der Waals surface area contributed by atoms with Crippen LogP contribution < -0.4 is 14.8 Å². The third-order valence-corrected chi connectivity index (χ3v) is 9.19. The van der Waals surface area contributed by atoms with E-state index in [2.05, 4.69) is 48.0 Å². The summed E-state index contributed by atoms with van der Waals surface area (Å²) in [6, 6.07) is 30.9. The van der Waals surface area contributed by atoms with Gasteiger partial charge in [-0.25, -0.2) is 13.1 Å². The average molecular weight is 612 g/mol. The molecule has 1 aliphatic rings. The van der Waals surface area contributed by atoms with E-state index in [4.69, 9.17) is 4.74 Å². The number of carbonyl (C=O) groups excluding carboxylic acids is 1. The Kier molecular flexibility index (Phi) is 10.1. The van der Waals surface area contributed by atoms with Crippen LogP contribution in [0.5, 0.6) is 5.75 Å². The van der Waals surface area contributed by atoms with Gasteiger partial charge in [-0.3, -0.25) is 4.79 Å². The van der Waals surface area contributed by atoms with E-state index in [9.17, 15) is 13.2 Å². The first kappa shape index (κ1) is 31.4. The van der Waals surface area contributed by atoms with Crippen molar-refractivity contribution in [3.05, 3.63) is 120 Å². The number of benzene rings is 4. The molecule has 5 rings (SSSR count). The number of nitrogens with zero attached hydrogens (tertiary/aromatic N) is 1. The molecule has 8 heteroatoms. The van der Waals surface area contributed by atoms with Gasteiger partial charge in [0.05, 0.1) is 23.6 Å². The van der Waals surface area contributed by atoms with Crippen molar-refractivity contribution < 1.29 is 17.9 Å². The van der Waals surface area contributed by atoms with Crippen LogP contribution in [0.15, 0.2) is 108 Å². The van der Waals surface area contributed by atoms with Crippen LogP contribution in [0.4, 0.5) is 0 Å². The summed E-state index contributed by atoms with van der Waals surface area (Å²) in [6.45, 7) is 6.73. The smallest absolute Gasteiger partial charge is 0.241 e. The first-order valence-corrected chi connectivity index (χ1v) is 16.6. The number of carbonyl (C=O) groups is 1. The summed E-state index contributed by atoms with van der Waals surface area (Å²) in [7, 11) is -1.83. The molecular weight excluding hydrogens is 570 g/mol. The molecule has 230 valence electrons. The molecule has 0 fully saturated rings. The first-order valence-electron chi connectivity index (χ1n) is 15.1. The molecule has 4 aromatic rings. The van der Waals surface area contributed by atoms with Crippen LogP contribution in [0, 0.1) is 5.92 Å². The molecule has 0 spiro atoms. The summed E-state index contributed by atoms with van der Waals surface area (Å²) in [5, 5.41) is 3.15. The molecule has 1 aliphatic heterocycles. The molecule has 0 radical (unpaired) electrons. The number of hydrogen-bond acceptors (Lipinski definition) is 5. The van der Waals surface area contributed by atoms with Crippen LogP contribution >= 0.6 is 0 Å². The molecule has 4 aromatic carbocycles. The van der Waals surface area contributed by atoms with Crippen LogP contribution in [0.3, 0.4) is 0 Å². The van der Waals surface area contributed by atoms with Crippen molar-refractivity contribution in [2.75, 3.05) is 20.2 Å². The molecule has 2 N–H and O–H groups in total. The molecule has 7 nitrogen and oxygen atoms in total. The summed E-state index contributed by atoms with van der Waals surface area (Å²) >= 11 is 0. The van der Waals surface area contributed by atoms with E-state index in [0.29, 0.717) is 24.5 Å². The van der Waals surface area contributed by atoms with Crippen molar-refractivity contribution in [2.24, 2.45) is 5.92 Å². The van der Waals surface area contributed by atoms with Gasteiger partial charge in [0.1, 0.15) is 5.75 Å². The molecule has 2 unspecified atom stereocenters. The second-order valence-electron chi connectivity index (χ2n) is 11.9. The lowest BCUT2D eigenvalue weighted by atomic mass is 9.97. The Balaban J connectivity index is 1.31. The fourth-order valence-corrected chi connectivity index (χ4v) is 7.03. The van der Waals surface area contributed by atoms with Gasteiger partial charge < -0.3 is 15.0 Å². The number of fused-ring (bicyclic) bond motifs is 1. The number of ether oxygens (including phenoxy) is 1. The van der Waals surface area contributed by atoms with E-state index >= 15 is 0 Å². The maximum atomic E-state index is 13.6. The summed E-state index contributed by atoms with van der Waals surface area (Å²) < 4.78 is 36.1. The molecular formula is C36H41N3O4S. The molecule has 0 bridgehead atoms. The van der Waals surface area contributed by atoms with Gasteiger partial charge in [0, 0.05) is 31.5 Å². The average Bonchev–Trinajstić information content (AvgIpc) is 3.01. The van der Waals surface area contributed by atoms with E-state index in [1.807, 2.05) is 72.8 Å². The summed E-state index contributed by atoms with van der Waals surface area (Å²) in [4.78, 5) is 15.9. The number of hydrogen-bond donors (Lipinski definition) is 2. The SMILES string of the molecule is CC(C)CN(C)Cc1ccc2c(c1)OCCC2NC(=O)CC(NS(=O)(=O)c1cccc(-c2ccccc2)c1)c1ccccc1. The minimum absolute atomic E-state index is 0.0492. The molecule has 44 heavy (non-hydrogen) atoms. The highest BCUT2D eigenvalue weighted by Crippen LogP contribution is 2.34. The van der Waals surface area contributed by atoms with Crippen LogP contribution in [0.25, 0.3) is 11.1 Å². The molecule has 1 heterocycles. The van der Waals surface area contributed by atoms with Crippen molar-refractivity contribution in [3.8, 4) is 16.9 Å². The molecule has 2 atom stereocenters. The normalized spacial score (nSPS) is 15.4. The van der Waals surface area contributed by atoms with Crippen LogP contribution in [-0.4, -0.2) is 39.4 Å². The van der Waals surface area contributed by atoms with Crippen molar-refractivity contribution in [1.29, 1.82) is 0 Å². The number of rotatable bonds is 12. The van der Waals surface area contributed by atoms with Crippen molar-refractivity contribution in [1.82, 2.24) is 14.9 Å². The number of amides is 1. The monoisotopic (exact) mass is 611 g/mol. The van der Waals surface area contributed by atoms with Gasteiger partial charge in [0.15, 0.2) is 0 Å². The fraction of sp³-hybridized carbons (Fsp3) is 0.306. The lowest BCUT2D eigenvalue weighted by molar-refractivity contribution is -0.122. The second-order valence-corrected chi connectivity index (χ2v) is 13.6. The predicted octanol–water partition coefficient (Wildman–Crippen LogP) is 6.49. The minimum Gasteiger partial charge on any atom is -0.493 e. The Bertz CT molecular complexity index is 1660. The van der Waals surface area contributed by atoms with E-state index in [-0.39, 0.29) is 23.3 Å². The van der Waals surface area contributed by atoms with Gasteiger partial charge in [0.2, 0.25) is 15.9 Å². The molecule has 1 amide bonds. The topological polar surface area (TPSA) is 87.7 Å². The minimum atomic E-state index is -3.94. The zero-order valence-corrected chi connectivity index (χ0v) is 26.4. The highest BCUT2D eigenvalue weighted by Gasteiger charge is 2.28. The van der Waals surface area contributed by atoms with Crippen molar-refractivity contribution in [2.45, 2.75) is 50.2 Å². The Morgan fingerprint density at radius 3 is 2.34 bits per heavy atom. The van der Waals surface area contributed by atoms with Gasteiger partial charge in [0.25, 0.3) is 0 Å². The Morgan fingerprint density at radius 1 is 0.909 bits per heavy atom. The van der Waals surface area contributed by atoms with E-state index in [1.54, 1.807) is 18.2 Å². The number of sulfonamides is 1. The lowest BCUT2D eigenvalue weighted by Gasteiger charge is -2.28. The lowest BCUT2D eigenvalue weighted by Crippen LogP contribution is -2.36. The van der Waals surface area contributed by atoms with E-state index in [1.165, 1.54) is 0 Å². The Labute approximate surface area is 261 Å². The fourth-order valence-electron chi connectivity index (χ4n) is 5.76. The van der Waals surface area contributed by atoms with Crippen molar-refractivity contribution in [3.63, 3.8) is 0 Å². The van der Waals surface area contributed by atoms with Crippen LogP contribution in [0.1, 0.15) is 55.5 Å². The number of nitrogens with one attached hydrogen (secondary N) is 2. The molecule has 0 aliphatic carbocycles. The van der Waals surface area contributed by atoms with Gasteiger partial charge >= 0.3 is 0 Å². The Hall–Kier alpha value is -3.98. The molecule has 0 saturated carbocycles. The quantitative estimate of drug-likeness (QED) is 0.191. The standard InChI is InChI=1S/C36H41N3O4S/c1-26(2)24-39(3)25-27-17-18-32-33(19-20-43-35(32)21-27)37-36(40)23-34(29-13-8-5-9-14-29)38-44(41,42)31-16-10-15-30(22-31)28-11-6-4-7-12-28/h4-18,21-22,26,33-34,38H,19-20,23-25H2,1-3H3,(H,37,40).